The van der Waals surface area contributed by atoms with Crippen molar-refractivity contribution in [2.75, 3.05) is 0 Å². The third-order valence-corrected chi connectivity index (χ3v) is 5.32. The van der Waals surface area contributed by atoms with Gasteiger partial charge in [0.05, 0.1) is 5.41 Å². The van der Waals surface area contributed by atoms with E-state index in [-0.39, 0.29) is 5.41 Å². The molecule has 2 heteroatoms. The van der Waals surface area contributed by atoms with Crippen molar-refractivity contribution in [3.63, 3.8) is 0 Å². The van der Waals surface area contributed by atoms with Gasteiger partial charge >= 0.3 is 0 Å². The molecule has 1 fully saturated rings. The fourth-order valence-electron chi connectivity index (χ4n) is 4.19. The first-order chi connectivity index (χ1) is 9.04. The Bertz CT molecular complexity index is 517. The molecule has 3 rings (SSSR count). The Morgan fingerprint density at radius 3 is 2.47 bits per heavy atom. The van der Waals surface area contributed by atoms with Crippen LogP contribution >= 0.6 is 0 Å². The molecular formula is C17H22O2. The van der Waals surface area contributed by atoms with Crippen molar-refractivity contribution in [2.24, 2.45) is 5.41 Å². The maximum atomic E-state index is 12.6. The Hall–Kier alpha value is -1.18. The lowest BCUT2D eigenvalue weighted by molar-refractivity contribution is -0.127. The van der Waals surface area contributed by atoms with Crippen molar-refractivity contribution >= 4 is 11.6 Å². The number of ketones is 2. The molecule has 3 aliphatic carbocycles. The highest BCUT2D eigenvalue weighted by Gasteiger charge is 2.49. The zero-order chi connectivity index (χ0) is 13.6. The molecule has 0 aromatic carbocycles. The predicted octanol–water partition coefficient (Wildman–Crippen LogP) is 3.91. The molecule has 0 heterocycles. The van der Waals surface area contributed by atoms with Crippen molar-refractivity contribution in [1.82, 2.24) is 0 Å². The number of rotatable bonds is 0. The highest BCUT2D eigenvalue weighted by atomic mass is 16.1. The minimum atomic E-state index is -0.281. The van der Waals surface area contributed by atoms with Gasteiger partial charge in [-0.25, -0.2) is 0 Å². The van der Waals surface area contributed by atoms with Gasteiger partial charge in [-0.2, -0.15) is 0 Å². The largest absolute Gasteiger partial charge is 0.299 e. The van der Waals surface area contributed by atoms with Crippen LogP contribution in [0.2, 0.25) is 0 Å². The molecule has 3 aliphatic rings. The zero-order valence-corrected chi connectivity index (χ0v) is 12.0. The lowest BCUT2D eigenvalue weighted by atomic mass is 9.63. The summed E-state index contributed by atoms with van der Waals surface area (Å²) >= 11 is 0. The van der Waals surface area contributed by atoms with Crippen molar-refractivity contribution in [3.05, 3.63) is 22.3 Å². The maximum absolute atomic E-state index is 12.6. The molecule has 0 aromatic rings. The Morgan fingerprint density at radius 1 is 1.00 bits per heavy atom. The molecule has 1 atom stereocenters. The zero-order valence-electron chi connectivity index (χ0n) is 12.0. The second-order valence-corrected chi connectivity index (χ2v) is 6.52. The van der Waals surface area contributed by atoms with Crippen LogP contribution in [0.5, 0.6) is 0 Å². The molecule has 0 radical (unpaired) electrons. The molecule has 0 bridgehead atoms. The number of fused-ring (bicyclic) bond motifs is 1. The molecule has 0 N–H and O–H groups in total. The third-order valence-electron chi connectivity index (χ3n) is 5.32. The minimum absolute atomic E-state index is 0.281. The van der Waals surface area contributed by atoms with Crippen LogP contribution in [-0.4, -0.2) is 11.6 Å². The van der Waals surface area contributed by atoms with E-state index in [1.54, 1.807) is 0 Å². The quantitative estimate of drug-likeness (QED) is 0.617. The Balaban J connectivity index is 2.08. The summed E-state index contributed by atoms with van der Waals surface area (Å²) < 4.78 is 0. The van der Waals surface area contributed by atoms with E-state index in [9.17, 15) is 9.59 Å². The molecule has 0 aromatic heterocycles. The molecule has 2 nitrogen and oxygen atoms in total. The standard InChI is InChI=1S/C17H22O2/c1-11(2)12-8-9-17(10-12)14-4-3-5-15(18)13(14)6-7-16(17)19/h3-10H2,1-2H3/t17-/m1/s1. The summed E-state index contributed by atoms with van der Waals surface area (Å²) in [5, 5.41) is 0. The van der Waals surface area contributed by atoms with E-state index in [0.29, 0.717) is 30.8 Å². The number of carbonyl (C=O) groups excluding carboxylic acids is 2. The minimum Gasteiger partial charge on any atom is -0.299 e. The average molecular weight is 258 g/mol. The van der Waals surface area contributed by atoms with Crippen LogP contribution in [0.1, 0.15) is 65.2 Å². The molecule has 0 amide bonds. The van der Waals surface area contributed by atoms with Gasteiger partial charge in [-0.1, -0.05) is 11.1 Å². The van der Waals surface area contributed by atoms with Gasteiger partial charge in [-0.05, 0) is 63.5 Å². The highest BCUT2D eigenvalue weighted by molar-refractivity contribution is 6.02. The van der Waals surface area contributed by atoms with Gasteiger partial charge in [0.15, 0.2) is 5.78 Å². The smallest absolute Gasteiger partial charge is 0.158 e. The Morgan fingerprint density at radius 2 is 1.79 bits per heavy atom. The van der Waals surface area contributed by atoms with Crippen LogP contribution < -0.4 is 0 Å². The summed E-state index contributed by atoms with van der Waals surface area (Å²) in [7, 11) is 0. The van der Waals surface area contributed by atoms with Gasteiger partial charge in [0, 0.05) is 12.8 Å². The SMILES string of the molecule is CC(C)=C1CC[C@]2(C1)C(=O)CCC1=C2CCCC1=O. The van der Waals surface area contributed by atoms with Crippen LogP contribution in [0.15, 0.2) is 22.3 Å². The van der Waals surface area contributed by atoms with Crippen LogP contribution in [0.3, 0.4) is 0 Å². The number of allylic oxidation sites excluding steroid dienone is 4. The monoisotopic (exact) mass is 258 g/mol. The normalized spacial score (nSPS) is 31.2. The fourth-order valence-corrected chi connectivity index (χ4v) is 4.19. The number of carbonyl (C=O) groups is 2. The molecule has 1 spiro atoms. The first-order valence-corrected chi connectivity index (χ1v) is 7.49. The number of Topliss-reactive ketones (excluding diaryl/α,β-unsaturated/α-hetero) is 2. The highest BCUT2D eigenvalue weighted by Crippen LogP contribution is 2.55. The Kier molecular flexibility index (Phi) is 2.99. The maximum Gasteiger partial charge on any atom is 0.158 e. The third kappa shape index (κ3) is 1.84. The van der Waals surface area contributed by atoms with Crippen LogP contribution in [-0.2, 0) is 9.59 Å². The summed E-state index contributed by atoms with van der Waals surface area (Å²) in [6.07, 6.45) is 6.77. The average Bonchev–Trinajstić information content (AvgIpc) is 2.81. The summed E-state index contributed by atoms with van der Waals surface area (Å²) in [5.41, 5.74) is 4.78. The lowest BCUT2D eigenvalue weighted by Crippen LogP contribution is -2.37. The van der Waals surface area contributed by atoms with E-state index < -0.39 is 0 Å². The molecule has 1 saturated carbocycles. The van der Waals surface area contributed by atoms with E-state index in [1.165, 1.54) is 16.7 Å². The molecule has 0 saturated heterocycles. The first-order valence-electron chi connectivity index (χ1n) is 7.49. The van der Waals surface area contributed by atoms with Gasteiger partial charge in [0.1, 0.15) is 5.78 Å². The van der Waals surface area contributed by atoms with Crippen molar-refractivity contribution in [3.8, 4) is 0 Å². The van der Waals surface area contributed by atoms with Gasteiger partial charge in [-0.3, -0.25) is 9.59 Å². The molecule has 0 aliphatic heterocycles. The van der Waals surface area contributed by atoms with Crippen molar-refractivity contribution in [1.29, 1.82) is 0 Å². The van der Waals surface area contributed by atoms with E-state index in [0.717, 1.165) is 37.7 Å². The molecule has 19 heavy (non-hydrogen) atoms. The van der Waals surface area contributed by atoms with Crippen molar-refractivity contribution < 1.29 is 9.59 Å². The molecule has 0 unspecified atom stereocenters. The molecule has 102 valence electrons. The van der Waals surface area contributed by atoms with Gasteiger partial charge in [-0.15, -0.1) is 0 Å². The second-order valence-electron chi connectivity index (χ2n) is 6.52. The number of hydrogen-bond donors (Lipinski definition) is 0. The summed E-state index contributed by atoms with van der Waals surface area (Å²) in [6.45, 7) is 4.28. The first kappa shape index (κ1) is 12.8. The predicted molar refractivity (Wildman–Crippen MR) is 74.8 cm³/mol. The van der Waals surface area contributed by atoms with E-state index >= 15 is 0 Å². The fraction of sp³-hybridized carbons (Fsp3) is 0.647. The van der Waals surface area contributed by atoms with E-state index in [2.05, 4.69) is 13.8 Å². The van der Waals surface area contributed by atoms with Crippen LogP contribution in [0.4, 0.5) is 0 Å². The van der Waals surface area contributed by atoms with E-state index in [4.69, 9.17) is 0 Å². The lowest BCUT2D eigenvalue weighted by Gasteiger charge is -2.38. The van der Waals surface area contributed by atoms with Crippen LogP contribution in [0, 0.1) is 5.41 Å². The topological polar surface area (TPSA) is 34.1 Å². The van der Waals surface area contributed by atoms with Crippen LogP contribution in [0.25, 0.3) is 0 Å². The van der Waals surface area contributed by atoms with Crippen molar-refractivity contribution in [2.45, 2.75) is 65.2 Å². The van der Waals surface area contributed by atoms with E-state index in [1.807, 2.05) is 0 Å². The second kappa shape index (κ2) is 4.43. The summed E-state index contributed by atoms with van der Waals surface area (Å²) in [4.78, 5) is 24.7. The van der Waals surface area contributed by atoms with Gasteiger partial charge < -0.3 is 0 Å². The van der Waals surface area contributed by atoms with Gasteiger partial charge in [0.2, 0.25) is 0 Å². The molecular weight excluding hydrogens is 236 g/mol. The Labute approximate surface area is 115 Å². The van der Waals surface area contributed by atoms with Gasteiger partial charge in [0.25, 0.3) is 0 Å². The number of hydrogen-bond acceptors (Lipinski definition) is 2. The summed E-state index contributed by atoms with van der Waals surface area (Å²) in [6, 6.07) is 0. The summed E-state index contributed by atoms with van der Waals surface area (Å²) in [5.74, 6) is 0.718.